The van der Waals surface area contributed by atoms with E-state index in [9.17, 15) is 0 Å². The van der Waals surface area contributed by atoms with E-state index in [-0.39, 0.29) is 9.84 Å². The van der Waals surface area contributed by atoms with Crippen molar-refractivity contribution in [1.29, 1.82) is 0 Å². The Morgan fingerprint density at radius 1 is 1.31 bits per heavy atom. The van der Waals surface area contributed by atoms with Gasteiger partial charge in [0, 0.05) is 0 Å². The van der Waals surface area contributed by atoms with Gasteiger partial charge in [0.1, 0.15) is 0 Å². The molecular weight excluding hydrogens is 176 g/mol. The highest BCUT2D eigenvalue weighted by Crippen LogP contribution is 2.24. The first-order valence-electron chi connectivity index (χ1n) is 5.63. The van der Waals surface area contributed by atoms with Crippen LogP contribution in [0.4, 0.5) is 0 Å². The monoisotopic (exact) mass is 201 g/mol. The number of hydrogen-bond donors (Lipinski definition) is 0. The highest BCUT2D eigenvalue weighted by Gasteiger charge is 2.44. The maximum Gasteiger partial charge on any atom is 0.338 e. The van der Waals surface area contributed by atoms with E-state index in [0.717, 1.165) is 12.1 Å². The molecule has 0 radical (unpaired) electrons. The van der Waals surface area contributed by atoms with E-state index >= 15 is 0 Å². The fourth-order valence-electron chi connectivity index (χ4n) is 2.67. The molecule has 0 aliphatic carbocycles. The van der Waals surface area contributed by atoms with E-state index in [2.05, 4.69) is 39.3 Å². The van der Waals surface area contributed by atoms with Crippen molar-refractivity contribution < 1.29 is 4.15 Å². The second-order valence-electron chi connectivity index (χ2n) is 4.73. The predicted molar refractivity (Wildman–Crippen MR) is 61.2 cm³/mol. The Morgan fingerprint density at radius 2 is 1.92 bits per heavy atom. The van der Waals surface area contributed by atoms with Crippen LogP contribution in [0.3, 0.4) is 0 Å². The summed E-state index contributed by atoms with van der Waals surface area (Å²) in [5.41, 5.74) is 0. The molecule has 0 aromatic rings. The van der Waals surface area contributed by atoms with Crippen LogP contribution < -0.4 is 0 Å². The number of quaternary nitrogens is 1. The van der Waals surface area contributed by atoms with Gasteiger partial charge in [-0.05, 0) is 26.8 Å². The van der Waals surface area contributed by atoms with Crippen molar-refractivity contribution in [2.24, 2.45) is 0 Å². The second-order valence-corrected chi connectivity index (χ2v) is 7.27. The molecule has 0 aromatic heterocycles. The largest absolute Gasteiger partial charge is 0.375 e. The molecule has 3 atom stereocenters. The molecule has 0 N–H and O–H groups in total. The summed E-state index contributed by atoms with van der Waals surface area (Å²) >= 11 is 0. The lowest BCUT2D eigenvalue weighted by Gasteiger charge is -2.35. The first-order valence-corrected chi connectivity index (χ1v) is 6.90. The maximum atomic E-state index is 2.74. The van der Waals surface area contributed by atoms with Gasteiger partial charge in [0.2, 0.25) is 0 Å². The van der Waals surface area contributed by atoms with Crippen molar-refractivity contribution >= 4 is 9.84 Å². The summed E-state index contributed by atoms with van der Waals surface area (Å²) in [5.74, 6) is 0. The second kappa shape index (κ2) is 4.11. The van der Waals surface area contributed by atoms with Gasteiger partial charge in [-0.3, -0.25) is 4.57 Å². The molecule has 3 heteroatoms. The van der Waals surface area contributed by atoms with Gasteiger partial charge in [0.05, 0.1) is 25.7 Å². The zero-order valence-corrected chi connectivity index (χ0v) is 11.3. The first-order chi connectivity index (χ1) is 6.05. The molecule has 2 nitrogen and oxygen atoms in total. The molecule has 1 rings (SSSR count). The minimum absolute atomic E-state index is 0.0604. The molecule has 3 unspecified atom stereocenters. The Balaban J connectivity index is 2.69. The van der Waals surface area contributed by atoms with Crippen LogP contribution in [0, 0.1) is 0 Å². The third-order valence-corrected chi connectivity index (χ3v) is 6.83. The summed E-state index contributed by atoms with van der Waals surface area (Å²) in [6.45, 7) is 12.1. The van der Waals surface area contributed by atoms with Crippen molar-refractivity contribution in [3.05, 3.63) is 0 Å². The third kappa shape index (κ3) is 1.97. The molecule has 0 amide bonds. The van der Waals surface area contributed by atoms with E-state index in [1.807, 2.05) is 0 Å². The van der Waals surface area contributed by atoms with E-state index in [0.29, 0.717) is 0 Å². The van der Waals surface area contributed by atoms with Gasteiger partial charge in [-0.15, -0.1) is 0 Å². The van der Waals surface area contributed by atoms with Crippen molar-refractivity contribution in [2.45, 2.75) is 46.2 Å². The molecule has 1 fully saturated rings. The molecule has 1 saturated heterocycles. The number of likely N-dealkylation sites (N-methyl/N-ethyl adjacent to an activating group) is 2. The Bertz CT molecular complexity index is 174. The molecule has 13 heavy (non-hydrogen) atoms. The highest BCUT2D eigenvalue weighted by molar-refractivity contribution is 6.23. The van der Waals surface area contributed by atoms with Crippen LogP contribution in [0.5, 0.6) is 0 Å². The lowest BCUT2D eigenvalue weighted by Crippen LogP contribution is -2.51. The standard InChI is InChI=1S/C10H25N2Si/c1-6-8-12(5)10(4)9(3)11(7-2)13-12/h9-10H,6-8,13H2,1-5H3/q+1. The van der Waals surface area contributed by atoms with Crippen LogP contribution in [0.2, 0.25) is 0 Å². The Kier molecular flexibility index (Phi) is 3.55. The molecular formula is C10H25N2Si+. The summed E-state index contributed by atoms with van der Waals surface area (Å²) in [4.78, 5) is 0. The minimum Gasteiger partial charge on any atom is -0.375 e. The summed E-state index contributed by atoms with van der Waals surface area (Å²) in [7, 11) is 2.40. The molecule has 1 aliphatic heterocycles. The van der Waals surface area contributed by atoms with Crippen molar-refractivity contribution in [1.82, 2.24) is 4.57 Å². The Labute approximate surface area is 85.5 Å². The third-order valence-electron chi connectivity index (χ3n) is 3.90. The van der Waals surface area contributed by atoms with Crippen molar-refractivity contribution in [3.8, 4) is 0 Å². The summed E-state index contributed by atoms with van der Waals surface area (Å²) in [5, 5.41) is 0. The Hall–Kier alpha value is 0.137. The fourth-order valence-corrected chi connectivity index (χ4v) is 5.28. The summed E-state index contributed by atoms with van der Waals surface area (Å²) in [6, 6.07) is 1.67. The number of rotatable bonds is 3. The van der Waals surface area contributed by atoms with Crippen LogP contribution in [0.15, 0.2) is 0 Å². The van der Waals surface area contributed by atoms with Crippen molar-refractivity contribution in [2.75, 3.05) is 20.1 Å². The lowest BCUT2D eigenvalue weighted by molar-refractivity contribution is -0.820. The maximum absolute atomic E-state index is 2.74. The van der Waals surface area contributed by atoms with Crippen LogP contribution in [0.25, 0.3) is 0 Å². The first kappa shape index (κ1) is 11.2. The smallest absolute Gasteiger partial charge is 0.338 e. The van der Waals surface area contributed by atoms with Gasteiger partial charge in [-0.25, -0.2) is 0 Å². The zero-order chi connectivity index (χ0) is 10.1. The van der Waals surface area contributed by atoms with E-state index in [1.165, 1.54) is 23.7 Å². The van der Waals surface area contributed by atoms with Crippen LogP contribution in [-0.4, -0.2) is 50.8 Å². The number of nitrogens with zero attached hydrogens (tertiary/aromatic N) is 2. The highest BCUT2D eigenvalue weighted by atomic mass is 28.2. The van der Waals surface area contributed by atoms with Crippen LogP contribution in [0.1, 0.15) is 34.1 Å². The zero-order valence-electron chi connectivity index (χ0n) is 9.88. The van der Waals surface area contributed by atoms with Gasteiger partial charge < -0.3 is 4.15 Å². The minimum atomic E-state index is -0.0604. The molecule has 1 heterocycles. The van der Waals surface area contributed by atoms with Gasteiger partial charge in [-0.2, -0.15) is 0 Å². The molecule has 0 aromatic carbocycles. The SMILES string of the molecule is CCC[N+]1(C)[SiH2]N(CC)C(C)C1C. The number of hydrogen-bond acceptors (Lipinski definition) is 1. The molecule has 1 aliphatic rings. The van der Waals surface area contributed by atoms with E-state index < -0.39 is 0 Å². The Morgan fingerprint density at radius 3 is 2.31 bits per heavy atom. The average Bonchev–Trinajstić information content (AvgIpc) is 2.31. The molecule has 78 valence electrons. The molecule has 0 bridgehead atoms. The molecule has 0 spiro atoms. The summed E-state index contributed by atoms with van der Waals surface area (Å²) in [6.07, 6.45) is 1.33. The average molecular weight is 201 g/mol. The van der Waals surface area contributed by atoms with Crippen LogP contribution in [-0.2, 0) is 0 Å². The lowest BCUT2D eigenvalue weighted by atomic mass is 10.1. The molecule has 0 saturated carbocycles. The van der Waals surface area contributed by atoms with Gasteiger partial charge in [0.15, 0.2) is 0 Å². The van der Waals surface area contributed by atoms with E-state index in [1.54, 1.807) is 0 Å². The summed E-state index contributed by atoms with van der Waals surface area (Å²) < 4.78 is 4.12. The van der Waals surface area contributed by atoms with Crippen LogP contribution >= 0.6 is 0 Å². The predicted octanol–water partition coefficient (Wildman–Crippen LogP) is 0.954. The van der Waals surface area contributed by atoms with E-state index in [4.69, 9.17) is 0 Å². The quantitative estimate of drug-likeness (QED) is 0.615. The fraction of sp³-hybridized carbons (Fsp3) is 1.00. The van der Waals surface area contributed by atoms with Gasteiger partial charge in [0.25, 0.3) is 0 Å². The van der Waals surface area contributed by atoms with Crippen molar-refractivity contribution in [3.63, 3.8) is 0 Å². The normalized spacial score (nSPS) is 43.2. The van der Waals surface area contributed by atoms with Gasteiger partial charge >= 0.3 is 9.84 Å². The van der Waals surface area contributed by atoms with Gasteiger partial charge in [-0.1, -0.05) is 13.8 Å². The topological polar surface area (TPSA) is 3.24 Å².